The summed E-state index contributed by atoms with van der Waals surface area (Å²) in [4.78, 5) is 30.9. The predicted octanol–water partition coefficient (Wildman–Crippen LogP) is 7.19. The van der Waals surface area contributed by atoms with Crippen molar-refractivity contribution in [2.45, 2.75) is 71.0 Å². The van der Waals surface area contributed by atoms with Gasteiger partial charge in [-0.05, 0) is 54.7 Å². The molecule has 206 valence electrons. The summed E-state index contributed by atoms with van der Waals surface area (Å²) in [5.41, 5.74) is 3.09. The molecule has 0 atom stereocenters. The molecule has 1 saturated carbocycles. The highest BCUT2D eigenvalue weighted by molar-refractivity contribution is 6.31. The molecule has 1 aromatic heterocycles. The molecule has 4 rings (SSSR count). The van der Waals surface area contributed by atoms with E-state index in [0.717, 1.165) is 60.4 Å². The Morgan fingerprint density at radius 1 is 0.974 bits per heavy atom. The smallest absolute Gasteiger partial charge is 0.247 e. The SMILES string of the molecule is CCCCN(CC(=O)N(Cc1cccn1Cc1ccccc1Cl)C1CCCCC1)C(=O)C=Cc1ccccc1. The Morgan fingerprint density at radius 3 is 2.46 bits per heavy atom. The third-order valence-corrected chi connectivity index (χ3v) is 7.90. The number of hydrogen-bond donors (Lipinski definition) is 0. The fourth-order valence-electron chi connectivity index (χ4n) is 5.25. The van der Waals surface area contributed by atoms with Crippen LogP contribution in [0, 0.1) is 0 Å². The molecule has 1 aliphatic rings. The predicted molar refractivity (Wildman–Crippen MR) is 159 cm³/mol. The van der Waals surface area contributed by atoms with Gasteiger partial charge >= 0.3 is 0 Å². The fraction of sp³-hybridized carbons (Fsp3) is 0.394. The number of carbonyl (C=O) groups is 2. The van der Waals surface area contributed by atoms with Crippen LogP contribution in [-0.4, -0.2) is 45.3 Å². The number of carbonyl (C=O) groups excluding carboxylic acids is 2. The van der Waals surface area contributed by atoms with Crippen LogP contribution >= 0.6 is 11.6 Å². The normalized spacial score (nSPS) is 14.0. The molecule has 0 saturated heterocycles. The highest BCUT2D eigenvalue weighted by atomic mass is 35.5. The molecule has 39 heavy (non-hydrogen) atoms. The third kappa shape index (κ3) is 8.34. The van der Waals surface area contributed by atoms with E-state index in [-0.39, 0.29) is 24.4 Å². The number of halogens is 1. The number of benzene rings is 2. The molecule has 6 heteroatoms. The molecule has 2 amide bonds. The van der Waals surface area contributed by atoms with Crippen LogP contribution in [0.2, 0.25) is 5.02 Å². The lowest BCUT2D eigenvalue weighted by atomic mass is 9.94. The Labute approximate surface area is 238 Å². The van der Waals surface area contributed by atoms with Gasteiger partial charge in [0.1, 0.15) is 6.54 Å². The van der Waals surface area contributed by atoms with E-state index in [1.54, 1.807) is 11.0 Å². The lowest BCUT2D eigenvalue weighted by molar-refractivity contribution is -0.141. The van der Waals surface area contributed by atoms with Gasteiger partial charge < -0.3 is 14.4 Å². The summed E-state index contributed by atoms with van der Waals surface area (Å²) in [5.74, 6) is -0.101. The molecule has 5 nitrogen and oxygen atoms in total. The first-order valence-corrected chi connectivity index (χ1v) is 14.6. The standard InChI is InChI=1S/C33H40ClN3O2/c1-2-3-22-36(32(38)21-20-27-13-6-4-7-14-27)26-33(39)37(29-16-8-5-9-17-29)25-30-18-12-23-35(30)24-28-15-10-11-19-31(28)34/h4,6-7,10-15,18-21,23,29H,2-3,5,8-9,16-17,22,24-26H2,1H3. The van der Waals surface area contributed by atoms with Crippen molar-refractivity contribution in [1.29, 1.82) is 0 Å². The van der Waals surface area contributed by atoms with E-state index in [0.29, 0.717) is 19.6 Å². The van der Waals surface area contributed by atoms with E-state index >= 15 is 0 Å². The van der Waals surface area contributed by atoms with Crippen LogP contribution in [0.15, 0.2) is 79.0 Å². The second-order valence-electron chi connectivity index (χ2n) is 10.4. The van der Waals surface area contributed by atoms with Gasteiger partial charge in [-0.25, -0.2) is 0 Å². The number of rotatable bonds is 12. The zero-order chi connectivity index (χ0) is 27.5. The number of amides is 2. The van der Waals surface area contributed by atoms with Crippen LogP contribution in [0.1, 0.15) is 68.7 Å². The molecule has 0 bridgehead atoms. The van der Waals surface area contributed by atoms with Crippen LogP contribution < -0.4 is 0 Å². The molecule has 0 radical (unpaired) electrons. The van der Waals surface area contributed by atoms with Crippen LogP contribution in [0.25, 0.3) is 6.08 Å². The van der Waals surface area contributed by atoms with Crippen LogP contribution in [-0.2, 0) is 22.7 Å². The summed E-state index contributed by atoms with van der Waals surface area (Å²) in [6, 6.07) is 22.0. The van der Waals surface area contributed by atoms with Gasteiger partial charge in [0.25, 0.3) is 0 Å². The van der Waals surface area contributed by atoms with Crippen LogP contribution in [0.4, 0.5) is 0 Å². The van der Waals surface area contributed by atoms with Gasteiger partial charge in [-0.1, -0.05) is 92.7 Å². The zero-order valence-corrected chi connectivity index (χ0v) is 23.7. The lowest BCUT2D eigenvalue weighted by Crippen LogP contribution is -2.47. The lowest BCUT2D eigenvalue weighted by Gasteiger charge is -2.36. The van der Waals surface area contributed by atoms with E-state index < -0.39 is 0 Å². The molecular formula is C33H40ClN3O2. The maximum Gasteiger partial charge on any atom is 0.247 e. The first-order valence-electron chi connectivity index (χ1n) is 14.2. The van der Waals surface area contributed by atoms with Crippen LogP contribution in [0.5, 0.6) is 0 Å². The number of unbranched alkanes of at least 4 members (excludes halogenated alkanes) is 1. The van der Waals surface area contributed by atoms with Crippen molar-refractivity contribution in [2.75, 3.05) is 13.1 Å². The van der Waals surface area contributed by atoms with Gasteiger partial charge in [0.05, 0.1) is 6.54 Å². The minimum Gasteiger partial charge on any atom is -0.345 e. The highest BCUT2D eigenvalue weighted by Gasteiger charge is 2.28. The maximum atomic E-state index is 13.9. The van der Waals surface area contributed by atoms with Gasteiger partial charge in [-0.2, -0.15) is 0 Å². The van der Waals surface area contributed by atoms with Crippen molar-refractivity contribution < 1.29 is 9.59 Å². The molecule has 0 spiro atoms. The minimum atomic E-state index is -0.119. The van der Waals surface area contributed by atoms with Crippen molar-refractivity contribution in [3.8, 4) is 0 Å². The Kier molecular flexibility index (Phi) is 10.8. The Morgan fingerprint density at radius 2 is 1.72 bits per heavy atom. The first-order chi connectivity index (χ1) is 19.0. The number of hydrogen-bond acceptors (Lipinski definition) is 2. The molecule has 1 heterocycles. The number of nitrogens with zero attached hydrogens (tertiary/aromatic N) is 3. The largest absolute Gasteiger partial charge is 0.345 e. The minimum absolute atomic E-state index is 0.0185. The molecule has 1 aliphatic carbocycles. The molecular weight excluding hydrogens is 506 g/mol. The van der Waals surface area contributed by atoms with Gasteiger partial charge in [0, 0.05) is 42.1 Å². The molecule has 1 fully saturated rings. The Hall–Kier alpha value is -3.31. The molecule has 0 aliphatic heterocycles. The van der Waals surface area contributed by atoms with Crippen molar-refractivity contribution in [3.05, 3.63) is 101 Å². The summed E-state index contributed by atoms with van der Waals surface area (Å²) >= 11 is 6.44. The second kappa shape index (κ2) is 14.7. The van der Waals surface area contributed by atoms with Crippen LogP contribution in [0.3, 0.4) is 0 Å². The average molecular weight is 546 g/mol. The van der Waals surface area contributed by atoms with Crippen molar-refractivity contribution in [3.63, 3.8) is 0 Å². The average Bonchev–Trinajstić information content (AvgIpc) is 3.41. The quantitative estimate of drug-likeness (QED) is 0.226. The van der Waals surface area contributed by atoms with Crippen molar-refractivity contribution in [1.82, 2.24) is 14.4 Å². The van der Waals surface area contributed by atoms with Gasteiger partial charge in [0.2, 0.25) is 11.8 Å². The number of aromatic nitrogens is 1. The Bertz CT molecular complexity index is 1230. The molecule has 0 unspecified atom stereocenters. The second-order valence-corrected chi connectivity index (χ2v) is 10.8. The van der Waals surface area contributed by atoms with E-state index in [1.165, 1.54) is 6.42 Å². The van der Waals surface area contributed by atoms with E-state index in [2.05, 4.69) is 17.6 Å². The van der Waals surface area contributed by atoms with Gasteiger partial charge in [0.15, 0.2) is 0 Å². The van der Waals surface area contributed by atoms with Gasteiger partial charge in [-0.3, -0.25) is 9.59 Å². The third-order valence-electron chi connectivity index (χ3n) is 7.53. The first kappa shape index (κ1) is 28.7. The molecule has 2 aromatic carbocycles. The summed E-state index contributed by atoms with van der Waals surface area (Å²) < 4.78 is 2.17. The van der Waals surface area contributed by atoms with E-state index in [1.807, 2.05) is 77.8 Å². The summed E-state index contributed by atoms with van der Waals surface area (Å²) in [6.07, 6.45) is 12.8. The Balaban J connectivity index is 1.52. The monoisotopic (exact) mass is 545 g/mol. The molecule has 0 N–H and O–H groups in total. The maximum absolute atomic E-state index is 13.9. The van der Waals surface area contributed by atoms with Crippen molar-refractivity contribution in [2.24, 2.45) is 0 Å². The van der Waals surface area contributed by atoms with E-state index in [9.17, 15) is 9.59 Å². The summed E-state index contributed by atoms with van der Waals surface area (Å²) in [6.45, 7) is 3.95. The molecule has 3 aromatic rings. The zero-order valence-electron chi connectivity index (χ0n) is 23.0. The summed E-state index contributed by atoms with van der Waals surface area (Å²) in [5, 5.41) is 0.742. The van der Waals surface area contributed by atoms with Gasteiger partial charge in [-0.15, -0.1) is 0 Å². The summed E-state index contributed by atoms with van der Waals surface area (Å²) in [7, 11) is 0. The topological polar surface area (TPSA) is 45.6 Å². The highest BCUT2D eigenvalue weighted by Crippen LogP contribution is 2.25. The van der Waals surface area contributed by atoms with E-state index in [4.69, 9.17) is 11.6 Å². The fourth-order valence-corrected chi connectivity index (χ4v) is 5.45. The van der Waals surface area contributed by atoms with Crippen molar-refractivity contribution >= 4 is 29.5 Å².